The van der Waals surface area contributed by atoms with Gasteiger partial charge in [0, 0.05) is 25.4 Å². The molecule has 3 aliphatic rings. The average molecular weight is 852 g/mol. The van der Waals surface area contributed by atoms with Crippen molar-refractivity contribution in [2.24, 2.45) is 5.73 Å². The lowest BCUT2D eigenvalue weighted by Gasteiger charge is -2.35. The average Bonchev–Trinajstić information content (AvgIpc) is 3.46. The Morgan fingerprint density at radius 3 is 2.18 bits per heavy atom. The summed E-state index contributed by atoms with van der Waals surface area (Å²) in [5.74, 6) is -3.00. The SMILES string of the molecule is CCCCCCCCCCCCCCCCOC(=O)O[C@@H]1[C@H](OC)[C@@H]([C@@H](O[C@H]2OC(C(=O)N[C@H]3CCC[C@H](C)NC3=O)=C[C@H](O)[C@@H]2O)C(N)=O)O[C@H]1n1ccc(=O)[nH]c1=O. The van der Waals surface area contributed by atoms with Crippen molar-refractivity contribution in [2.75, 3.05) is 13.7 Å². The molecular formula is C41H65N5O14. The van der Waals surface area contributed by atoms with Gasteiger partial charge in [0.05, 0.1) is 6.61 Å². The third-order valence-corrected chi connectivity index (χ3v) is 11.0. The van der Waals surface area contributed by atoms with E-state index in [1.165, 1.54) is 64.9 Å². The van der Waals surface area contributed by atoms with Gasteiger partial charge in [-0.15, -0.1) is 0 Å². The van der Waals surface area contributed by atoms with Crippen LogP contribution in [0.5, 0.6) is 0 Å². The number of aromatic amines is 1. The molecule has 1 aromatic rings. The molecule has 0 bridgehead atoms. The predicted molar refractivity (Wildman–Crippen MR) is 215 cm³/mol. The standard InChI is InChI=1S/C41H65N5O14/c1-4-5-6-7-8-9-10-11-12-13-14-15-16-17-23-56-41(54)60-34-31(55-3)32(58-38(34)46-22-21-29(48)45-40(46)53)33(35(42)50)59-39-30(49)27(47)24-28(57-39)37(52)44-26-20-18-19-25(2)43-36(26)51/h21-22,24-27,30-34,38-39,47,49H,4-20,23H2,1-3H3,(H2,42,50)(H,43,51)(H,44,52)(H,45,48,53)/t25-,26-,27-,30-,31+,32-,33+,34+,38+,39+/m0/s1. The molecule has 2 fully saturated rings. The summed E-state index contributed by atoms with van der Waals surface area (Å²) in [6.45, 7) is 4.12. The molecule has 19 heteroatoms. The molecule has 4 rings (SSSR count). The van der Waals surface area contributed by atoms with Crippen LogP contribution in [0.1, 0.15) is 129 Å². The number of rotatable bonds is 24. The van der Waals surface area contributed by atoms with Crippen LogP contribution in [0.3, 0.4) is 0 Å². The second kappa shape index (κ2) is 24.8. The maximum atomic E-state index is 13.2. The Balaban J connectivity index is 1.36. The molecule has 2 saturated heterocycles. The van der Waals surface area contributed by atoms with Crippen LogP contribution in [0.15, 0.2) is 33.7 Å². The molecule has 0 aliphatic carbocycles. The largest absolute Gasteiger partial charge is 0.508 e. The number of methoxy groups -OCH3 is 1. The first-order chi connectivity index (χ1) is 28.8. The van der Waals surface area contributed by atoms with Gasteiger partial charge in [-0.2, -0.15) is 0 Å². The fourth-order valence-electron chi connectivity index (χ4n) is 7.63. The van der Waals surface area contributed by atoms with Crippen LogP contribution >= 0.6 is 0 Å². The van der Waals surface area contributed by atoms with Crippen LogP contribution < -0.4 is 27.6 Å². The summed E-state index contributed by atoms with van der Waals surface area (Å²) >= 11 is 0. The molecule has 3 amide bonds. The molecule has 7 N–H and O–H groups in total. The number of nitrogens with one attached hydrogen (secondary N) is 3. The van der Waals surface area contributed by atoms with E-state index in [-0.39, 0.29) is 12.6 Å². The lowest BCUT2D eigenvalue weighted by atomic mass is 10.0. The van der Waals surface area contributed by atoms with E-state index in [1.54, 1.807) is 0 Å². The zero-order chi connectivity index (χ0) is 43.6. The van der Waals surface area contributed by atoms with Crippen LogP contribution in [-0.4, -0.2) is 112 Å². The summed E-state index contributed by atoms with van der Waals surface area (Å²) in [6, 6.07) is 0.0355. The maximum Gasteiger partial charge on any atom is 0.508 e. The molecule has 1 aromatic heterocycles. The van der Waals surface area contributed by atoms with Crippen molar-refractivity contribution in [1.29, 1.82) is 0 Å². The summed E-state index contributed by atoms with van der Waals surface area (Å²) in [7, 11) is 1.21. The van der Waals surface area contributed by atoms with E-state index in [0.717, 1.165) is 48.6 Å². The Labute approximate surface area is 350 Å². The minimum Gasteiger partial charge on any atom is -0.456 e. The number of hydrogen-bond donors (Lipinski definition) is 6. The number of H-pyrrole nitrogens is 1. The second-order valence-electron chi connectivity index (χ2n) is 15.8. The number of aliphatic hydroxyl groups excluding tert-OH is 2. The van der Waals surface area contributed by atoms with Gasteiger partial charge in [-0.05, 0) is 38.7 Å². The zero-order valence-corrected chi connectivity index (χ0v) is 35.1. The Kier molecular flexibility index (Phi) is 20.0. The Bertz CT molecular complexity index is 1680. The Morgan fingerprint density at radius 2 is 1.58 bits per heavy atom. The van der Waals surface area contributed by atoms with Crippen molar-refractivity contribution in [2.45, 2.75) is 184 Å². The topological polar surface area (TPSA) is 269 Å². The third kappa shape index (κ3) is 14.4. The number of ether oxygens (including phenoxy) is 6. The number of nitrogens with zero attached hydrogens (tertiary/aromatic N) is 1. The number of carbonyl (C=O) groups excluding carboxylic acids is 4. The smallest absolute Gasteiger partial charge is 0.456 e. The van der Waals surface area contributed by atoms with Crippen LogP contribution in [-0.2, 0) is 42.8 Å². The first-order valence-corrected chi connectivity index (χ1v) is 21.5. The van der Waals surface area contributed by atoms with E-state index >= 15 is 0 Å². The van der Waals surface area contributed by atoms with Gasteiger partial charge in [0.15, 0.2) is 24.2 Å². The first kappa shape index (κ1) is 48.4. The minimum absolute atomic E-state index is 0.0506. The van der Waals surface area contributed by atoms with Gasteiger partial charge >= 0.3 is 11.8 Å². The van der Waals surface area contributed by atoms with E-state index in [4.69, 9.17) is 34.2 Å². The number of nitrogens with two attached hydrogens (primary N) is 1. The molecule has 0 radical (unpaired) electrons. The number of amides is 3. The fourth-order valence-corrected chi connectivity index (χ4v) is 7.63. The van der Waals surface area contributed by atoms with Crippen molar-refractivity contribution in [3.8, 4) is 0 Å². The number of carbonyl (C=O) groups is 4. The van der Waals surface area contributed by atoms with Gasteiger partial charge in [0.25, 0.3) is 11.5 Å². The van der Waals surface area contributed by atoms with Crippen molar-refractivity contribution >= 4 is 23.9 Å². The van der Waals surface area contributed by atoms with E-state index in [0.29, 0.717) is 25.7 Å². The summed E-state index contributed by atoms with van der Waals surface area (Å²) in [4.78, 5) is 78.8. The van der Waals surface area contributed by atoms with Crippen LogP contribution in [0.25, 0.3) is 0 Å². The highest BCUT2D eigenvalue weighted by atomic mass is 16.8. The second-order valence-corrected chi connectivity index (χ2v) is 15.8. The fraction of sp³-hybridized carbons (Fsp3) is 0.756. The highest BCUT2D eigenvalue weighted by molar-refractivity contribution is 5.95. The molecule has 19 nitrogen and oxygen atoms in total. The molecular weight excluding hydrogens is 786 g/mol. The van der Waals surface area contributed by atoms with E-state index in [9.17, 15) is 39.0 Å². The lowest BCUT2D eigenvalue weighted by molar-refractivity contribution is -0.241. The van der Waals surface area contributed by atoms with Gasteiger partial charge in [-0.1, -0.05) is 90.4 Å². The Hall–Kier alpha value is -4.30. The summed E-state index contributed by atoms with van der Waals surface area (Å²) in [5, 5.41) is 26.8. The summed E-state index contributed by atoms with van der Waals surface area (Å²) in [5.41, 5.74) is 4.09. The van der Waals surface area contributed by atoms with Gasteiger partial charge in [-0.3, -0.25) is 28.7 Å². The molecule has 0 saturated carbocycles. The van der Waals surface area contributed by atoms with Crippen LogP contribution in [0.4, 0.5) is 4.79 Å². The van der Waals surface area contributed by atoms with Crippen molar-refractivity contribution < 1.29 is 57.8 Å². The predicted octanol–water partition coefficient (Wildman–Crippen LogP) is 2.46. The number of unbranched alkanes of at least 4 members (excludes halogenated alkanes) is 13. The van der Waals surface area contributed by atoms with Gasteiger partial charge in [0.2, 0.25) is 18.1 Å². The summed E-state index contributed by atoms with van der Waals surface area (Å²) < 4.78 is 35.0. The zero-order valence-electron chi connectivity index (χ0n) is 35.1. The molecule has 3 aliphatic heterocycles. The molecule has 60 heavy (non-hydrogen) atoms. The van der Waals surface area contributed by atoms with E-state index in [1.807, 2.05) is 6.92 Å². The highest BCUT2D eigenvalue weighted by Gasteiger charge is 2.55. The summed E-state index contributed by atoms with van der Waals surface area (Å²) in [6.07, 6.45) is 5.45. The molecule has 338 valence electrons. The van der Waals surface area contributed by atoms with Crippen molar-refractivity contribution in [3.63, 3.8) is 0 Å². The quantitative estimate of drug-likeness (QED) is 0.0645. The Morgan fingerprint density at radius 1 is 0.950 bits per heavy atom. The molecule has 4 heterocycles. The number of aliphatic hydroxyl groups is 2. The molecule has 10 atom stereocenters. The maximum absolute atomic E-state index is 13.2. The molecule has 0 aromatic carbocycles. The van der Waals surface area contributed by atoms with E-state index < -0.39 is 96.1 Å². The van der Waals surface area contributed by atoms with Crippen molar-refractivity contribution in [1.82, 2.24) is 20.2 Å². The third-order valence-electron chi connectivity index (χ3n) is 11.0. The van der Waals surface area contributed by atoms with Gasteiger partial charge < -0.3 is 55.0 Å². The minimum atomic E-state index is -1.91. The van der Waals surface area contributed by atoms with Crippen molar-refractivity contribution in [3.05, 3.63) is 44.9 Å². The molecule has 0 unspecified atom stereocenters. The molecule has 0 spiro atoms. The van der Waals surface area contributed by atoms with Crippen LogP contribution in [0.2, 0.25) is 0 Å². The number of primary amides is 1. The first-order valence-electron chi connectivity index (χ1n) is 21.5. The van der Waals surface area contributed by atoms with Gasteiger partial charge in [0.1, 0.15) is 30.5 Å². The lowest BCUT2D eigenvalue weighted by Crippen LogP contribution is -2.54. The van der Waals surface area contributed by atoms with E-state index in [2.05, 4.69) is 22.5 Å². The van der Waals surface area contributed by atoms with Crippen LogP contribution in [0, 0.1) is 0 Å². The monoisotopic (exact) mass is 851 g/mol. The highest BCUT2D eigenvalue weighted by Crippen LogP contribution is 2.36. The van der Waals surface area contributed by atoms with Gasteiger partial charge in [-0.25, -0.2) is 9.59 Å². The number of aromatic nitrogens is 2. The number of hydrogen-bond acceptors (Lipinski definition) is 14. The normalized spacial score (nSPS) is 27.2.